The fraction of sp³-hybridized carbons (Fsp3) is 0.296. The number of carbonyl (C=O) groups is 1. The van der Waals surface area contributed by atoms with Crippen molar-refractivity contribution in [2.24, 2.45) is 0 Å². The third-order valence-corrected chi connectivity index (χ3v) is 6.01. The number of rotatable bonds is 6. The van der Waals surface area contributed by atoms with Gasteiger partial charge in [0.25, 0.3) is 5.91 Å². The van der Waals surface area contributed by atoms with Gasteiger partial charge in [-0.3, -0.25) is 4.79 Å². The van der Waals surface area contributed by atoms with Crippen molar-refractivity contribution in [1.29, 1.82) is 0 Å². The van der Waals surface area contributed by atoms with Crippen LogP contribution in [-0.2, 0) is 25.7 Å². The zero-order chi connectivity index (χ0) is 20.1. The first-order chi connectivity index (χ1) is 14.2. The average Bonchev–Trinajstić information content (AvgIpc) is 2.78. The van der Waals surface area contributed by atoms with Crippen LogP contribution < -0.4 is 5.32 Å². The van der Waals surface area contributed by atoms with Gasteiger partial charge in [0, 0.05) is 5.56 Å². The largest absolute Gasteiger partial charge is 0.346 e. The van der Waals surface area contributed by atoms with Crippen LogP contribution in [0.15, 0.2) is 72.8 Å². The molecule has 2 nitrogen and oxygen atoms in total. The Balaban J connectivity index is 1.45. The summed E-state index contributed by atoms with van der Waals surface area (Å²) in [4.78, 5) is 13.0. The van der Waals surface area contributed by atoms with Gasteiger partial charge in [-0.05, 0) is 79.3 Å². The number of hydrogen-bond donors (Lipinski definition) is 1. The Labute approximate surface area is 174 Å². The molecule has 1 aliphatic rings. The predicted molar refractivity (Wildman–Crippen MR) is 119 cm³/mol. The number of aryl methyl sites for hydroxylation is 4. The summed E-state index contributed by atoms with van der Waals surface area (Å²) in [5.41, 5.74) is 7.31. The van der Waals surface area contributed by atoms with Crippen LogP contribution >= 0.6 is 0 Å². The lowest BCUT2D eigenvalue weighted by Crippen LogP contribution is -2.27. The molecule has 1 atom stereocenters. The topological polar surface area (TPSA) is 29.1 Å². The van der Waals surface area contributed by atoms with E-state index in [4.69, 9.17) is 0 Å². The van der Waals surface area contributed by atoms with E-state index in [0.29, 0.717) is 0 Å². The van der Waals surface area contributed by atoms with E-state index in [9.17, 15) is 4.79 Å². The van der Waals surface area contributed by atoms with Crippen molar-refractivity contribution in [2.45, 2.75) is 51.5 Å². The average molecular weight is 384 g/mol. The number of fused-ring (bicyclic) bond motifs is 1. The molecule has 0 saturated heterocycles. The Hall–Kier alpha value is -2.87. The lowest BCUT2D eigenvalue weighted by atomic mass is 9.89. The van der Waals surface area contributed by atoms with E-state index in [0.717, 1.165) is 30.4 Å². The minimum Gasteiger partial charge on any atom is -0.346 e. The maximum atomic E-state index is 13.0. The van der Waals surface area contributed by atoms with Gasteiger partial charge < -0.3 is 5.32 Å². The summed E-state index contributed by atoms with van der Waals surface area (Å²) >= 11 is 0. The predicted octanol–water partition coefficient (Wildman–Crippen LogP) is 5.84. The van der Waals surface area contributed by atoms with E-state index in [2.05, 4.69) is 60.8 Å². The molecule has 3 aromatic rings. The summed E-state index contributed by atoms with van der Waals surface area (Å²) in [5, 5.41) is 3.22. The van der Waals surface area contributed by atoms with Gasteiger partial charge in [0.2, 0.25) is 0 Å². The van der Waals surface area contributed by atoms with E-state index in [1.54, 1.807) is 0 Å². The van der Waals surface area contributed by atoms with Crippen molar-refractivity contribution in [2.75, 3.05) is 0 Å². The van der Waals surface area contributed by atoms with Gasteiger partial charge in [0.1, 0.15) is 0 Å². The molecule has 0 aliphatic heterocycles. The van der Waals surface area contributed by atoms with Gasteiger partial charge in [-0.1, -0.05) is 66.7 Å². The van der Waals surface area contributed by atoms with Crippen LogP contribution in [0.5, 0.6) is 0 Å². The van der Waals surface area contributed by atoms with Crippen molar-refractivity contribution in [3.8, 4) is 0 Å². The number of carbonyl (C=O) groups excluding carboxylic acids is 1. The first-order valence-corrected chi connectivity index (χ1v) is 10.7. The minimum atomic E-state index is -0.00286. The first-order valence-electron chi connectivity index (χ1n) is 10.7. The molecule has 0 unspecified atom stereocenters. The molecular weight excluding hydrogens is 354 g/mol. The number of hydrogen-bond acceptors (Lipinski definition) is 1. The number of benzene rings is 3. The fourth-order valence-corrected chi connectivity index (χ4v) is 4.26. The van der Waals surface area contributed by atoms with Gasteiger partial charge in [-0.25, -0.2) is 0 Å². The fourth-order valence-electron chi connectivity index (χ4n) is 4.26. The third-order valence-electron chi connectivity index (χ3n) is 6.01. The summed E-state index contributed by atoms with van der Waals surface area (Å²) in [6, 6.07) is 25.1. The van der Waals surface area contributed by atoms with E-state index < -0.39 is 0 Å². The monoisotopic (exact) mass is 383 g/mol. The molecule has 148 valence electrons. The standard InChI is InChI=1S/C27H29NO/c1-20(24-18-17-22-11-5-6-13-25(22)19-24)28-27(29)26-14-8-7-12-23(26)16-15-21-9-3-2-4-10-21/h2-4,7-10,12,14,17-20H,5-6,11,13,15-16H2,1H3,(H,28,29)/t20-/m1/s1. The van der Waals surface area contributed by atoms with Crippen molar-refractivity contribution in [1.82, 2.24) is 5.32 Å². The molecule has 2 heteroatoms. The van der Waals surface area contributed by atoms with E-state index in [1.165, 1.54) is 41.5 Å². The van der Waals surface area contributed by atoms with Crippen molar-refractivity contribution >= 4 is 5.91 Å². The molecule has 0 saturated carbocycles. The second-order valence-corrected chi connectivity index (χ2v) is 8.07. The van der Waals surface area contributed by atoms with Crippen LogP contribution in [0.1, 0.15) is 64.0 Å². The second kappa shape index (κ2) is 9.09. The summed E-state index contributed by atoms with van der Waals surface area (Å²) in [6.07, 6.45) is 6.70. The van der Waals surface area contributed by atoms with Crippen LogP contribution in [0.4, 0.5) is 0 Å². The Morgan fingerprint density at radius 1 is 0.862 bits per heavy atom. The Kier molecular flexibility index (Phi) is 6.09. The SMILES string of the molecule is C[C@@H](NC(=O)c1ccccc1CCc1ccccc1)c1ccc2c(c1)CCCC2. The van der Waals surface area contributed by atoms with Gasteiger partial charge in [0.05, 0.1) is 6.04 Å². The highest BCUT2D eigenvalue weighted by atomic mass is 16.1. The lowest BCUT2D eigenvalue weighted by molar-refractivity contribution is 0.0939. The van der Waals surface area contributed by atoms with E-state index in [-0.39, 0.29) is 11.9 Å². The van der Waals surface area contributed by atoms with Crippen LogP contribution in [0, 0.1) is 0 Å². The second-order valence-electron chi connectivity index (χ2n) is 8.07. The number of nitrogens with one attached hydrogen (secondary N) is 1. The molecule has 4 rings (SSSR count). The molecule has 3 aromatic carbocycles. The summed E-state index contributed by atoms with van der Waals surface area (Å²) < 4.78 is 0. The molecule has 0 spiro atoms. The molecule has 1 aliphatic carbocycles. The molecule has 29 heavy (non-hydrogen) atoms. The zero-order valence-electron chi connectivity index (χ0n) is 17.2. The highest BCUT2D eigenvalue weighted by molar-refractivity contribution is 5.95. The van der Waals surface area contributed by atoms with Crippen molar-refractivity contribution in [3.63, 3.8) is 0 Å². The van der Waals surface area contributed by atoms with Crippen LogP contribution in [0.3, 0.4) is 0 Å². The molecule has 0 aromatic heterocycles. The van der Waals surface area contributed by atoms with Gasteiger partial charge in [0.15, 0.2) is 0 Å². The molecule has 0 bridgehead atoms. The Bertz CT molecular complexity index is 977. The maximum absolute atomic E-state index is 13.0. The van der Waals surface area contributed by atoms with Gasteiger partial charge >= 0.3 is 0 Å². The van der Waals surface area contributed by atoms with Crippen LogP contribution in [0.25, 0.3) is 0 Å². The van der Waals surface area contributed by atoms with Crippen LogP contribution in [-0.4, -0.2) is 5.91 Å². The first kappa shape index (κ1) is 19.4. The summed E-state index contributed by atoms with van der Waals surface area (Å²) in [5.74, 6) is 0.0129. The smallest absolute Gasteiger partial charge is 0.252 e. The van der Waals surface area contributed by atoms with Gasteiger partial charge in [-0.2, -0.15) is 0 Å². The highest BCUT2D eigenvalue weighted by Gasteiger charge is 2.16. The molecule has 0 fully saturated rings. The third kappa shape index (κ3) is 4.76. The molecule has 0 radical (unpaired) electrons. The normalized spacial score (nSPS) is 14.1. The van der Waals surface area contributed by atoms with E-state index in [1.807, 2.05) is 24.3 Å². The van der Waals surface area contributed by atoms with Crippen LogP contribution in [0.2, 0.25) is 0 Å². The van der Waals surface area contributed by atoms with Gasteiger partial charge in [-0.15, -0.1) is 0 Å². The quantitative estimate of drug-likeness (QED) is 0.569. The Morgan fingerprint density at radius 2 is 1.59 bits per heavy atom. The molecule has 1 N–H and O–H groups in total. The van der Waals surface area contributed by atoms with E-state index >= 15 is 0 Å². The minimum absolute atomic E-state index is 0.00286. The number of amides is 1. The summed E-state index contributed by atoms with van der Waals surface area (Å²) in [7, 11) is 0. The molecular formula is C27H29NO. The maximum Gasteiger partial charge on any atom is 0.252 e. The zero-order valence-corrected chi connectivity index (χ0v) is 17.2. The molecule has 0 heterocycles. The molecule has 1 amide bonds. The lowest BCUT2D eigenvalue weighted by Gasteiger charge is -2.20. The van der Waals surface area contributed by atoms with Crippen molar-refractivity contribution in [3.05, 3.63) is 106 Å². The summed E-state index contributed by atoms with van der Waals surface area (Å²) in [6.45, 7) is 2.08. The Morgan fingerprint density at radius 3 is 2.41 bits per heavy atom. The van der Waals surface area contributed by atoms with Crippen molar-refractivity contribution < 1.29 is 4.79 Å². The highest BCUT2D eigenvalue weighted by Crippen LogP contribution is 2.25.